The number of nitrogens with one attached hydrogen (secondary N) is 1. The smallest absolute Gasteiger partial charge is 0.245 e. The van der Waals surface area contributed by atoms with Gasteiger partial charge >= 0.3 is 0 Å². The summed E-state index contributed by atoms with van der Waals surface area (Å²) in [5, 5.41) is 2.72. The van der Waals surface area contributed by atoms with E-state index >= 15 is 0 Å². The summed E-state index contributed by atoms with van der Waals surface area (Å²) in [6, 6.07) is -0.362. The van der Waals surface area contributed by atoms with Gasteiger partial charge < -0.3 is 10.2 Å². The van der Waals surface area contributed by atoms with Crippen LogP contribution in [0, 0.1) is 0 Å². The predicted molar refractivity (Wildman–Crippen MR) is 58.2 cm³/mol. The van der Waals surface area contributed by atoms with Crippen LogP contribution in [0.4, 0.5) is 0 Å². The number of rotatable bonds is 3. The molecule has 4 heteroatoms. The fourth-order valence-electron chi connectivity index (χ4n) is 1.65. The Bertz CT molecular complexity index is 286. The Hall–Kier alpha value is -1.32. The second kappa shape index (κ2) is 4.96. The Kier molecular flexibility index (Phi) is 3.88. The zero-order chi connectivity index (χ0) is 11.4. The standard InChI is InChI=1S/C11H18N2O2/c1-4-9-11(15)13(7-8(2)3)6-5-10(14)12-9/h9H,2,4-7H2,1,3H3,(H,12,14). The van der Waals surface area contributed by atoms with E-state index in [0.29, 0.717) is 25.9 Å². The van der Waals surface area contributed by atoms with E-state index in [9.17, 15) is 9.59 Å². The van der Waals surface area contributed by atoms with Crippen molar-refractivity contribution in [2.24, 2.45) is 0 Å². The predicted octanol–water partition coefficient (Wildman–Crippen LogP) is 0.690. The van der Waals surface area contributed by atoms with E-state index in [1.54, 1.807) is 4.90 Å². The fraction of sp³-hybridized carbons (Fsp3) is 0.636. The van der Waals surface area contributed by atoms with Gasteiger partial charge in [-0.2, -0.15) is 0 Å². The van der Waals surface area contributed by atoms with Crippen LogP contribution in [-0.4, -0.2) is 35.8 Å². The van der Waals surface area contributed by atoms with Gasteiger partial charge in [0.2, 0.25) is 11.8 Å². The molecule has 0 saturated carbocycles. The molecule has 1 N–H and O–H groups in total. The van der Waals surface area contributed by atoms with Crippen LogP contribution in [0.15, 0.2) is 12.2 Å². The second-order valence-electron chi connectivity index (χ2n) is 4.00. The molecule has 84 valence electrons. The summed E-state index contributed by atoms with van der Waals surface area (Å²) in [6.07, 6.45) is 1.02. The van der Waals surface area contributed by atoms with Crippen LogP contribution >= 0.6 is 0 Å². The normalized spacial score (nSPS) is 22.3. The Morgan fingerprint density at radius 2 is 2.27 bits per heavy atom. The van der Waals surface area contributed by atoms with Crippen molar-refractivity contribution in [1.82, 2.24) is 10.2 Å². The molecule has 1 rings (SSSR count). The number of amides is 2. The van der Waals surface area contributed by atoms with Crippen LogP contribution in [-0.2, 0) is 9.59 Å². The van der Waals surface area contributed by atoms with Gasteiger partial charge in [-0.05, 0) is 13.3 Å². The van der Waals surface area contributed by atoms with Crippen molar-refractivity contribution in [1.29, 1.82) is 0 Å². The number of carbonyl (C=O) groups is 2. The van der Waals surface area contributed by atoms with Crippen LogP contribution < -0.4 is 5.32 Å². The van der Waals surface area contributed by atoms with E-state index in [0.717, 1.165) is 5.57 Å². The highest BCUT2D eigenvalue weighted by Crippen LogP contribution is 2.08. The van der Waals surface area contributed by atoms with Crippen molar-refractivity contribution in [3.05, 3.63) is 12.2 Å². The van der Waals surface area contributed by atoms with Gasteiger partial charge in [0, 0.05) is 19.5 Å². The maximum absolute atomic E-state index is 11.9. The summed E-state index contributed by atoms with van der Waals surface area (Å²) in [6.45, 7) is 8.60. The van der Waals surface area contributed by atoms with E-state index in [1.165, 1.54) is 0 Å². The average Bonchev–Trinajstić information content (AvgIpc) is 2.30. The minimum Gasteiger partial charge on any atom is -0.344 e. The molecule has 0 aromatic heterocycles. The lowest BCUT2D eigenvalue weighted by Crippen LogP contribution is -2.44. The zero-order valence-electron chi connectivity index (χ0n) is 9.38. The summed E-state index contributed by atoms with van der Waals surface area (Å²) >= 11 is 0. The molecule has 1 aliphatic rings. The molecule has 0 bridgehead atoms. The number of nitrogens with zero attached hydrogens (tertiary/aromatic N) is 1. The molecule has 1 saturated heterocycles. The minimum absolute atomic E-state index is 0.00588. The van der Waals surface area contributed by atoms with Crippen molar-refractivity contribution in [2.45, 2.75) is 32.7 Å². The molecule has 0 aromatic rings. The lowest BCUT2D eigenvalue weighted by Gasteiger charge is -2.23. The first kappa shape index (κ1) is 11.8. The van der Waals surface area contributed by atoms with E-state index in [1.807, 2.05) is 13.8 Å². The Morgan fingerprint density at radius 1 is 1.60 bits per heavy atom. The van der Waals surface area contributed by atoms with Gasteiger partial charge in [-0.3, -0.25) is 9.59 Å². The quantitative estimate of drug-likeness (QED) is 0.697. The number of hydrogen-bond donors (Lipinski definition) is 1. The SMILES string of the molecule is C=C(C)CN1CCC(=O)NC(CC)C1=O. The van der Waals surface area contributed by atoms with Crippen LogP contribution in [0.2, 0.25) is 0 Å². The van der Waals surface area contributed by atoms with Crippen molar-refractivity contribution in [3.63, 3.8) is 0 Å². The molecule has 0 aromatic carbocycles. The van der Waals surface area contributed by atoms with E-state index in [4.69, 9.17) is 0 Å². The molecule has 15 heavy (non-hydrogen) atoms. The van der Waals surface area contributed by atoms with Gasteiger partial charge in [-0.25, -0.2) is 0 Å². The third-order valence-corrected chi connectivity index (χ3v) is 2.42. The first-order chi connectivity index (χ1) is 7.04. The first-order valence-electron chi connectivity index (χ1n) is 5.27. The van der Waals surface area contributed by atoms with Gasteiger partial charge in [-0.15, -0.1) is 0 Å². The van der Waals surface area contributed by atoms with Gasteiger partial charge in [0.15, 0.2) is 0 Å². The van der Waals surface area contributed by atoms with Crippen molar-refractivity contribution in [3.8, 4) is 0 Å². The molecule has 1 fully saturated rings. The van der Waals surface area contributed by atoms with Gasteiger partial charge in [-0.1, -0.05) is 19.1 Å². The highest BCUT2D eigenvalue weighted by Gasteiger charge is 2.27. The average molecular weight is 210 g/mol. The summed E-state index contributed by atoms with van der Waals surface area (Å²) in [7, 11) is 0. The first-order valence-corrected chi connectivity index (χ1v) is 5.27. The monoisotopic (exact) mass is 210 g/mol. The molecule has 0 aliphatic carbocycles. The van der Waals surface area contributed by atoms with Crippen LogP contribution in [0.3, 0.4) is 0 Å². The molecule has 0 spiro atoms. The van der Waals surface area contributed by atoms with Crippen molar-refractivity contribution >= 4 is 11.8 Å². The molecule has 1 atom stereocenters. The lowest BCUT2D eigenvalue weighted by molar-refractivity contribution is -0.133. The Morgan fingerprint density at radius 3 is 2.80 bits per heavy atom. The second-order valence-corrected chi connectivity index (χ2v) is 4.00. The van der Waals surface area contributed by atoms with Gasteiger partial charge in [0.05, 0.1) is 0 Å². The van der Waals surface area contributed by atoms with E-state index < -0.39 is 0 Å². The van der Waals surface area contributed by atoms with E-state index in [-0.39, 0.29) is 17.9 Å². The Labute approximate surface area is 90.3 Å². The summed E-state index contributed by atoms with van der Waals surface area (Å²) < 4.78 is 0. The maximum Gasteiger partial charge on any atom is 0.245 e. The summed E-state index contributed by atoms with van der Waals surface area (Å²) in [4.78, 5) is 24.9. The summed E-state index contributed by atoms with van der Waals surface area (Å²) in [5.74, 6) is -0.0363. The Balaban J connectivity index is 2.74. The molecule has 1 unspecified atom stereocenters. The van der Waals surface area contributed by atoms with Crippen molar-refractivity contribution < 1.29 is 9.59 Å². The van der Waals surface area contributed by atoms with Gasteiger partial charge in [0.25, 0.3) is 0 Å². The number of hydrogen-bond acceptors (Lipinski definition) is 2. The molecule has 1 aliphatic heterocycles. The fourth-order valence-corrected chi connectivity index (χ4v) is 1.65. The van der Waals surface area contributed by atoms with Crippen molar-refractivity contribution in [2.75, 3.05) is 13.1 Å². The largest absolute Gasteiger partial charge is 0.344 e. The van der Waals surface area contributed by atoms with Crippen LogP contribution in [0.5, 0.6) is 0 Å². The lowest BCUT2D eigenvalue weighted by atomic mass is 10.2. The highest BCUT2D eigenvalue weighted by atomic mass is 16.2. The third kappa shape index (κ3) is 3.08. The molecular weight excluding hydrogens is 192 g/mol. The zero-order valence-corrected chi connectivity index (χ0v) is 9.38. The maximum atomic E-state index is 11.9. The molecule has 1 heterocycles. The minimum atomic E-state index is -0.362. The third-order valence-electron chi connectivity index (χ3n) is 2.42. The molecule has 4 nitrogen and oxygen atoms in total. The van der Waals surface area contributed by atoms with E-state index in [2.05, 4.69) is 11.9 Å². The highest BCUT2D eigenvalue weighted by molar-refractivity contribution is 5.90. The topological polar surface area (TPSA) is 49.4 Å². The van der Waals surface area contributed by atoms with Crippen LogP contribution in [0.1, 0.15) is 26.7 Å². The van der Waals surface area contributed by atoms with Gasteiger partial charge in [0.1, 0.15) is 6.04 Å². The molecule has 0 radical (unpaired) electrons. The molecular formula is C11H18N2O2. The van der Waals surface area contributed by atoms with Crippen LogP contribution in [0.25, 0.3) is 0 Å². The number of carbonyl (C=O) groups excluding carboxylic acids is 2. The summed E-state index contributed by atoms with van der Waals surface area (Å²) in [5.41, 5.74) is 0.938. The molecule has 2 amide bonds.